The van der Waals surface area contributed by atoms with Gasteiger partial charge in [-0.3, -0.25) is 0 Å². The highest BCUT2D eigenvalue weighted by Gasteiger charge is 2.08. The number of hydrogen-bond acceptors (Lipinski definition) is 1. The fourth-order valence-electron chi connectivity index (χ4n) is 0.860. The van der Waals surface area contributed by atoms with Gasteiger partial charge in [0.15, 0.2) is 0 Å². The van der Waals surface area contributed by atoms with Crippen molar-refractivity contribution < 1.29 is 8.78 Å². The van der Waals surface area contributed by atoms with Crippen molar-refractivity contribution in [3.8, 4) is 11.5 Å². The number of halogens is 2. The molecule has 0 spiro atoms. The Hall–Kier alpha value is -1.21. The molecule has 1 rings (SSSR count). The lowest BCUT2D eigenvalue weighted by Gasteiger charge is -2.03. The smallest absolute Gasteiger partial charge is 0.247 e. The molecule has 0 atom stereocenters. The second-order valence-electron chi connectivity index (χ2n) is 4.28. The van der Waals surface area contributed by atoms with Gasteiger partial charge in [-0.05, 0) is 12.1 Å². The highest BCUT2D eigenvalue weighted by atomic mass is 28.3. The number of nitrogens with zero attached hydrogens (tertiary/aromatic N) is 1. The third-order valence-corrected chi connectivity index (χ3v) is 2.48. The monoisotopic (exact) mass is 225 g/mol. The van der Waals surface area contributed by atoms with E-state index in [0.717, 1.165) is 0 Å². The van der Waals surface area contributed by atoms with E-state index in [1.54, 1.807) is 0 Å². The summed E-state index contributed by atoms with van der Waals surface area (Å²) in [5.74, 6) is 2.91. The van der Waals surface area contributed by atoms with Crippen LogP contribution in [-0.4, -0.2) is 13.1 Å². The van der Waals surface area contributed by atoms with Gasteiger partial charge in [0, 0.05) is 11.8 Å². The third kappa shape index (κ3) is 4.22. The van der Waals surface area contributed by atoms with E-state index in [1.807, 2.05) is 0 Å². The molecule has 15 heavy (non-hydrogen) atoms. The van der Waals surface area contributed by atoms with Crippen LogP contribution in [0, 0.1) is 11.5 Å². The first-order chi connectivity index (χ1) is 6.88. The van der Waals surface area contributed by atoms with Gasteiger partial charge in [0.25, 0.3) is 6.43 Å². The SMILES string of the molecule is C[Si](C)(C)C#Cc1ccc(C(F)F)cn1. The lowest BCUT2D eigenvalue weighted by molar-refractivity contribution is 0.151. The summed E-state index contributed by atoms with van der Waals surface area (Å²) in [4.78, 5) is 3.87. The first-order valence-corrected chi connectivity index (χ1v) is 8.16. The molecule has 0 saturated carbocycles. The van der Waals surface area contributed by atoms with Crippen molar-refractivity contribution in [2.45, 2.75) is 26.1 Å². The van der Waals surface area contributed by atoms with Crippen LogP contribution in [0.15, 0.2) is 18.3 Å². The van der Waals surface area contributed by atoms with E-state index in [2.05, 4.69) is 36.1 Å². The van der Waals surface area contributed by atoms with Crippen molar-refractivity contribution in [3.05, 3.63) is 29.6 Å². The van der Waals surface area contributed by atoms with Gasteiger partial charge < -0.3 is 0 Å². The number of aromatic nitrogens is 1. The van der Waals surface area contributed by atoms with Gasteiger partial charge in [0.1, 0.15) is 13.8 Å². The second kappa shape index (κ2) is 4.54. The molecule has 0 fully saturated rings. The number of hydrogen-bond donors (Lipinski definition) is 0. The summed E-state index contributed by atoms with van der Waals surface area (Å²) in [6.45, 7) is 6.36. The van der Waals surface area contributed by atoms with Crippen LogP contribution < -0.4 is 0 Å². The zero-order valence-electron chi connectivity index (χ0n) is 9.01. The second-order valence-corrected chi connectivity index (χ2v) is 9.03. The van der Waals surface area contributed by atoms with Crippen LogP contribution in [-0.2, 0) is 0 Å². The number of alkyl halides is 2. The molecule has 1 nitrogen and oxygen atoms in total. The highest BCUT2D eigenvalue weighted by Crippen LogP contribution is 2.16. The summed E-state index contributed by atoms with van der Waals surface area (Å²) < 4.78 is 24.4. The van der Waals surface area contributed by atoms with E-state index in [9.17, 15) is 8.78 Å². The largest absolute Gasteiger partial charge is 0.265 e. The Morgan fingerprint density at radius 3 is 2.33 bits per heavy atom. The van der Waals surface area contributed by atoms with E-state index in [0.29, 0.717) is 5.69 Å². The van der Waals surface area contributed by atoms with Gasteiger partial charge in [-0.1, -0.05) is 25.6 Å². The minimum Gasteiger partial charge on any atom is -0.247 e. The molecule has 0 radical (unpaired) electrons. The Morgan fingerprint density at radius 2 is 1.93 bits per heavy atom. The van der Waals surface area contributed by atoms with Gasteiger partial charge >= 0.3 is 0 Å². The van der Waals surface area contributed by atoms with Gasteiger partial charge in [-0.15, -0.1) is 5.54 Å². The van der Waals surface area contributed by atoms with Crippen molar-refractivity contribution in [1.82, 2.24) is 4.98 Å². The van der Waals surface area contributed by atoms with Gasteiger partial charge in [-0.2, -0.15) is 0 Å². The standard InChI is InChI=1S/C11H13F2NSi/c1-15(2,3)7-6-10-5-4-9(8-14-10)11(12)13/h4-5,8,11H,1-3H3. The van der Waals surface area contributed by atoms with Crippen molar-refractivity contribution in [3.63, 3.8) is 0 Å². The fourth-order valence-corrected chi connectivity index (χ4v) is 1.36. The van der Waals surface area contributed by atoms with Crippen LogP contribution in [0.1, 0.15) is 17.7 Å². The average Bonchev–Trinajstić information content (AvgIpc) is 2.14. The molecular formula is C11H13F2NSi. The van der Waals surface area contributed by atoms with Gasteiger partial charge in [0.05, 0.1) is 0 Å². The van der Waals surface area contributed by atoms with Crippen molar-refractivity contribution in [2.75, 3.05) is 0 Å². The van der Waals surface area contributed by atoms with Crippen molar-refractivity contribution in [2.24, 2.45) is 0 Å². The molecule has 0 aliphatic carbocycles. The van der Waals surface area contributed by atoms with E-state index in [-0.39, 0.29) is 5.56 Å². The summed E-state index contributed by atoms with van der Waals surface area (Å²) in [5.41, 5.74) is 3.62. The lowest BCUT2D eigenvalue weighted by atomic mass is 10.2. The Balaban J connectivity index is 2.85. The van der Waals surface area contributed by atoms with Crippen LogP contribution in [0.4, 0.5) is 8.78 Å². The average molecular weight is 225 g/mol. The maximum atomic E-state index is 12.2. The van der Waals surface area contributed by atoms with Crippen LogP contribution in [0.2, 0.25) is 19.6 Å². The number of pyridine rings is 1. The van der Waals surface area contributed by atoms with Crippen molar-refractivity contribution >= 4 is 8.07 Å². The Morgan fingerprint density at radius 1 is 1.27 bits per heavy atom. The molecule has 0 N–H and O–H groups in total. The number of rotatable bonds is 1. The summed E-state index contributed by atoms with van der Waals surface area (Å²) in [6.07, 6.45) is -1.28. The first-order valence-electron chi connectivity index (χ1n) is 4.66. The molecule has 0 aromatic carbocycles. The van der Waals surface area contributed by atoms with E-state index >= 15 is 0 Å². The Bertz CT molecular complexity index is 382. The summed E-state index contributed by atoms with van der Waals surface area (Å²) >= 11 is 0. The third-order valence-electron chi connectivity index (χ3n) is 1.60. The first kappa shape index (κ1) is 11.9. The molecule has 0 saturated heterocycles. The van der Waals surface area contributed by atoms with E-state index in [1.165, 1.54) is 18.3 Å². The normalized spacial score (nSPS) is 11.1. The molecule has 4 heteroatoms. The molecule has 0 bridgehead atoms. The Kier molecular flexibility index (Phi) is 3.59. The quantitative estimate of drug-likeness (QED) is 0.528. The Labute approximate surface area is 89.6 Å². The van der Waals surface area contributed by atoms with Gasteiger partial charge in [0.2, 0.25) is 0 Å². The summed E-state index contributed by atoms with van der Waals surface area (Å²) in [5, 5.41) is 0. The maximum Gasteiger partial charge on any atom is 0.265 e. The summed E-state index contributed by atoms with van der Waals surface area (Å²) in [7, 11) is -1.42. The molecule has 0 aliphatic rings. The topological polar surface area (TPSA) is 12.9 Å². The van der Waals surface area contributed by atoms with Gasteiger partial charge in [-0.25, -0.2) is 13.8 Å². The van der Waals surface area contributed by atoms with E-state index in [4.69, 9.17) is 0 Å². The predicted octanol–water partition coefficient (Wildman–Crippen LogP) is 3.25. The zero-order valence-corrected chi connectivity index (χ0v) is 10.0. The molecule has 1 aromatic rings. The molecular weight excluding hydrogens is 212 g/mol. The van der Waals surface area contributed by atoms with Crippen LogP contribution in [0.5, 0.6) is 0 Å². The molecule has 1 heterocycles. The minimum absolute atomic E-state index is 0.0615. The molecule has 80 valence electrons. The molecule has 1 aromatic heterocycles. The predicted molar refractivity (Wildman–Crippen MR) is 59.4 cm³/mol. The molecule has 0 unspecified atom stereocenters. The molecule has 0 amide bonds. The van der Waals surface area contributed by atoms with Crippen LogP contribution in [0.25, 0.3) is 0 Å². The van der Waals surface area contributed by atoms with Crippen LogP contribution in [0.3, 0.4) is 0 Å². The van der Waals surface area contributed by atoms with Crippen molar-refractivity contribution in [1.29, 1.82) is 0 Å². The zero-order chi connectivity index (χ0) is 11.5. The highest BCUT2D eigenvalue weighted by molar-refractivity contribution is 6.83. The lowest BCUT2D eigenvalue weighted by Crippen LogP contribution is -2.16. The summed E-state index contributed by atoms with van der Waals surface area (Å²) in [6, 6.07) is 2.90. The molecule has 0 aliphatic heterocycles. The minimum atomic E-state index is -2.46. The van der Waals surface area contributed by atoms with Crippen LogP contribution >= 0.6 is 0 Å². The fraction of sp³-hybridized carbons (Fsp3) is 0.364. The van der Waals surface area contributed by atoms with E-state index < -0.39 is 14.5 Å². The maximum absolute atomic E-state index is 12.2.